The second kappa shape index (κ2) is 6.60. The summed E-state index contributed by atoms with van der Waals surface area (Å²) in [4.78, 5) is 2.42. The Labute approximate surface area is 123 Å². The highest BCUT2D eigenvalue weighted by Crippen LogP contribution is 2.35. The number of hydrazine groups is 1. The van der Waals surface area contributed by atoms with E-state index in [9.17, 15) is 0 Å². The number of hydrogen-bond donors (Lipinski definition) is 1. The van der Waals surface area contributed by atoms with Crippen LogP contribution in [-0.2, 0) is 0 Å². The number of halogens is 1. The molecule has 3 nitrogen and oxygen atoms in total. The summed E-state index contributed by atoms with van der Waals surface area (Å²) < 4.78 is 0. The molecule has 0 saturated carbocycles. The summed E-state index contributed by atoms with van der Waals surface area (Å²) in [7, 11) is 0. The van der Waals surface area contributed by atoms with Crippen molar-refractivity contribution in [3.8, 4) is 0 Å². The zero-order chi connectivity index (χ0) is 13.3. The predicted molar refractivity (Wildman–Crippen MR) is 85.0 cm³/mol. The van der Waals surface area contributed by atoms with Crippen LogP contribution in [0.4, 0.5) is 5.69 Å². The van der Waals surface area contributed by atoms with Gasteiger partial charge in [-0.25, -0.2) is 5.01 Å². The minimum atomic E-state index is 0. The molecular formula is C15H26ClN3. The Morgan fingerprint density at radius 2 is 1.53 bits per heavy atom. The van der Waals surface area contributed by atoms with Gasteiger partial charge in [-0.15, -0.1) is 12.4 Å². The van der Waals surface area contributed by atoms with E-state index in [4.69, 9.17) is 5.84 Å². The number of hydrogen-bond acceptors (Lipinski definition) is 3. The molecule has 1 saturated heterocycles. The molecule has 1 aliphatic rings. The summed E-state index contributed by atoms with van der Waals surface area (Å²) in [6, 6.07) is 6.70. The highest BCUT2D eigenvalue weighted by molar-refractivity contribution is 5.85. The summed E-state index contributed by atoms with van der Waals surface area (Å²) in [5.41, 5.74) is 4.29. The summed E-state index contributed by atoms with van der Waals surface area (Å²) in [5, 5.41) is 1.89. The summed E-state index contributed by atoms with van der Waals surface area (Å²) >= 11 is 0. The van der Waals surface area contributed by atoms with Gasteiger partial charge in [-0.2, -0.15) is 0 Å². The van der Waals surface area contributed by atoms with Crippen molar-refractivity contribution in [3.63, 3.8) is 0 Å². The number of nitrogens with zero attached hydrogens (tertiary/aromatic N) is 2. The molecule has 0 spiro atoms. The summed E-state index contributed by atoms with van der Waals surface area (Å²) in [6.07, 6.45) is 0. The maximum atomic E-state index is 5.91. The quantitative estimate of drug-likeness (QED) is 0.864. The minimum absolute atomic E-state index is 0. The minimum Gasteiger partial charge on any atom is -0.355 e. The van der Waals surface area contributed by atoms with Crippen molar-refractivity contribution in [2.24, 2.45) is 5.84 Å². The maximum Gasteiger partial charge on any atom is 0.0838 e. The van der Waals surface area contributed by atoms with Gasteiger partial charge in [0.2, 0.25) is 0 Å². The van der Waals surface area contributed by atoms with Gasteiger partial charge >= 0.3 is 0 Å². The van der Waals surface area contributed by atoms with Crippen LogP contribution >= 0.6 is 12.4 Å². The van der Waals surface area contributed by atoms with Gasteiger partial charge in [0.05, 0.1) is 6.67 Å². The SMILES string of the molecule is CC(C)c1cccc(C(C)C)c1N1CCN(N)C1.Cl. The van der Waals surface area contributed by atoms with Crippen LogP contribution in [0.5, 0.6) is 0 Å². The molecule has 0 atom stereocenters. The fourth-order valence-corrected chi connectivity index (χ4v) is 2.67. The second-order valence-electron chi connectivity index (χ2n) is 5.81. The summed E-state index contributed by atoms with van der Waals surface area (Å²) in [5.74, 6) is 7.00. The van der Waals surface area contributed by atoms with E-state index in [1.54, 1.807) is 0 Å². The van der Waals surface area contributed by atoms with Crippen molar-refractivity contribution in [2.45, 2.75) is 39.5 Å². The predicted octanol–water partition coefficient (Wildman–Crippen LogP) is 3.31. The average Bonchev–Trinajstić information content (AvgIpc) is 2.74. The van der Waals surface area contributed by atoms with Crippen molar-refractivity contribution in [1.29, 1.82) is 0 Å². The van der Waals surface area contributed by atoms with Crippen molar-refractivity contribution in [3.05, 3.63) is 29.3 Å². The Kier molecular flexibility index (Phi) is 5.65. The van der Waals surface area contributed by atoms with E-state index >= 15 is 0 Å². The summed E-state index contributed by atoms with van der Waals surface area (Å²) in [6.45, 7) is 11.9. The fraction of sp³-hybridized carbons (Fsp3) is 0.600. The lowest BCUT2D eigenvalue weighted by Gasteiger charge is -2.27. The molecule has 2 N–H and O–H groups in total. The van der Waals surface area contributed by atoms with Crippen LogP contribution in [0.1, 0.15) is 50.7 Å². The van der Waals surface area contributed by atoms with Gasteiger partial charge in [-0.05, 0) is 23.0 Å². The lowest BCUT2D eigenvalue weighted by Crippen LogP contribution is -2.31. The normalized spacial score (nSPS) is 16.3. The first-order valence-corrected chi connectivity index (χ1v) is 6.88. The topological polar surface area (TPSA) is 32.5 Å². The van der Waals surface area contributed by atoms with Crippen LogP contribution in [0, 0.1) is 0 Å². The maximum absolute atomic E-state index is 5.91. The van der Waals surface area contributed by atoms with Gasteiger partial charge in [-0.3, -0.25) is 5.84 Å². The molecule has 19 heavy (non-hydrogen) atoms. The number of benzene rings is 1. The monoisotopic (exact) mass is 283 g/mol. The van der Waals surface area contributed by atoms with Gasteiger partial charge in [-0.1, -0.05) is 45.9 Å². The molecule has 0 bridgehead atoms. The van der Waals surface area contributed by atoms with Crippen LogP contribution in [0.3, 0.4) is 0 Å². The van der Waals surface area contributed by atoms with Gasteiger partial charge in [0.15, 0.2) is 0 Å². The fourth-order valence-electron chi connectivity index (χ4n) is 2.67. The van der Waals surface area contributed by atoms with Crippen molar-refractivity contribution in [1.82, 2.24) is 5.01 Å². The third-order valence-electron chi connectivity index (χ3n) is 3.67. The van der Waals surface area contributed by atoms with Crippen LogP contribution in [0.25, 0.3) is 0 Å². The zero-order valence-electron chi connectivity index (χ0n) is 12.4. The first kappa shape index (κ1) is 16.3. The van der Waals surface area contributed by atoms with E-state index in [0.29, 0.717) is 11.8 Å². The number of rotatable bonds is 3. The molecule has 1 aliphatic heterocycles. The van der Waals surface area contributed by atoms with E-state index in [1.807, 2.05) is 5.01 Å². The van der Waals surface area contributed by atoms with Gasteiger partial charge in [0.1, 0.15) is 0 Å². The smallest absolute Gasteiger partial charge is 0.0838 e. The molecule has 1 aromatic rings. The standard InChI is InChI=1S/C15H25N3.ClH/c1-11(2)13-6-5-7-14(12(3)4)15(13)17-8-9-18(16)10-17;/h5-7,11-12H,8-10,16H2,1-4H3;1H. The third kappa shape index (κ3) is 3.41. The van der Waals surface area contributed by atoms with Gasteiger partial charge in [0, 0.05) is 18.8 Å². The molecule has 0 aliphatic carbocycles. The lowest BCUT2D eigenvalue weighted by atomic mass is 9.92. The first-order chi connectivity index (χ1) is 8.50. The number of nitrogens with two attached hydrogens (primary N) is 1. The molecule has 0 amide bonds. The Bertz CT molecular complexity index is 392. The second-order valence-corrected chi connectivity index (χ2v) is 5.81. The third-order valence-corrected chi connectivity index (χ3v) is 3.67. The Balaban J connectivity index is 0.00000180. The molecule has 1 aromatic carbocycles. The van der Waals surface area contributed by atoms with Crippen LogP contribution in [0.15, 0.2) is 18.2 Å². The molecule has 0 unspecified atom stereocenters. The molecule has 108 valence electrons. The highest BCUT2D eigenvalue weighted by atomic mass is 35.5. The molecule has 0 aromatic heterocycles. The van der Waals surface area contributed by atoms with Crippen LogP contribution < -0.4 is 10.7 Å². The van der Waals surface area contributed by atoms with E-state index in [2.05, 4.69) is 50.8 Å². The van der Waals surface area contributed by atoms with Crippen molar-refractivity contribution in [2.75, 3.05) is 24.7 Å². The average molecular weight is 284 g/mol. The van der Waals surface area contributed by atoms with Gasteiger partial charge < -0.3 is 4.90 Å². The Morgan fingerprint density at radius 3 is 1.89 bits per heavy atom. The van der Waals surface area contributed by atoms with Crippen LogP contribution in [-0.4, -0.2) is 24.8 Å². The lowest BCUT2D eigenvalue weighted by molar-refractivity contribution is 0.357. The molecule has 1 fully saturated rings. The van der Waals surface area contributed by atoms with E-state index in [0.717, 1.165) is 19.8 Å². The molecule has 0 radical (unpaired) electrons. The number of anilines is 1. The molecule has 2 rings (SSSR count). The molecule has 4 heteroatoms. The Hall–Kier alpha value is -0.770. The van der Waals surface area contributed by atoms with E-state index in [1.165, 1.54) is 16.8 Å². The Morgan fingerprint density at radius 1 is 1.00 bits per heavy atom. The number of para-hydroxylation sites is 1. The van der Waals surface area contributed by atoms with E-state index < -0.39 is 0 Å². The molecular weight excluding hydrogens is 258 g/mol. The largest absolute Gasteiger partial charge is 0.355 e. The van der Waals surface area contributed by atoms with E-state index in [-0.39, 0.29) is 12.4 Å². The molecule has 1 heterocycles. The van der Waals surface area contributed by atoms with Crippen molar-refractivity contribution >= 4 is 18.1 Å². The first-order valence-electron chi connectivity index (χ1n) is 6.88. The zero-order valence-corrected chi connectivity index (χ0v) is 13.2. The highest BCUT2D eigenvalue weighted by Gasteiger charge is 2.24. The van der Waals surface area contributed by atoms with Gasteiger partial charge in [0.25, 0.3) is 0 Å². The van der Waals surface area contributed by atoms with Crippen molar-refractivity contribution < 1.29 is 0 Å². The van der Waals surface area contributed by atoms with Crippen LogP contribution in [0.2, 0.25) is 0 Å².